The number of carbonyl (C=O) groups is 2. The second kappa shape index (κ2) is 9.06. The van der Waals surface area contributed by atoms with Gasteiger partial charge in [-0.25, -0.2) is 9.78 Å². The van der Waals surface area contributed by atoms with Crippen LogP contribution in [-0.4, -0.2) is 34.2 Å². The summed E-state index contributed by atoms with van der Waals surface area (Å²) in [4.78, 5) is 28.8. The maximum Gasteiger partial charge on any atom is 0.408 e. The molecular formula is C24H31N3O5. The van der Waals surface area contributed by atoms with E-state index in [1.54, 1.807) is 39.8 Å². The van der Waals surface area contributed by atoms with Gasteiger partial charge in [0.25, 0.3) is 0 Å². The highest BCUT2D eigenvalue weighted by atomic mass is 16.6. The van der Waals surface area contributed by atoms with E-state index < -0.39 is 17.7 Å². The zero-order valence-corrected chi connectivity index (χ0v) is 19.4. The van der Waals surface area contributed by atoms with Gasteiger partial charge in [0.05, 0.1) is 11.9 Å². The standard InChI is InChI=1S/C24H31N3O5/c1-7-17(27-22(29)32-23(2,3)4)21(28)26-15-11-12-20(25-14-15)30-18-9-8-10-19-16(18)13-24(5,6)31-19/h8-12,14,17H,7,13H2,1-6H3,(H,26,28)(H,27,29)/t17-/m1/s1. The molecule has 1 aliphatic rings. The summed E-state index contributed by atoms with van der Waals surface area (Å²) in [5, 5.41) is 5.34. The Kier molecular flexibility index (Phi) is 6.62. The van der Waals surface area contributed by atoms with Gasteiger partial charge in [-0.15, -0.1) is 0 Å². The number of carbonyl (C=O) groups excluding carboxylic acids is 2. The quantitative estimate of drug-likeness (QED) is 0.666. The molecule has 1 aliphatic heterocycles. The summed E-state index contributed by atoms with van der Waals surface area (Å²) in [6, 6.07) is 8.35. The molecular weight excluding hydrogens is 410 g/mol. The lowest BCUT2D eigenvalue weighted by Gasteiger charge is -2.22. The average Bonchev–Trinajstić information content (AvgIpc) is 3.01. The first kappa shape index (κ1) is 23.4. The molecule has 2 amide bonds. The third-order valence-electron chi connectivity index (χ3n) is 4.71. The van der Waals surface area contributed by atoms with Gasteiger partial charge in [-0.2, -0.15) is 0 Å². The van der Waals surface area contributed by atoms with Crippen molar-refractivity contribution in [3.63, 3.8) is 0 Å². The van der Waals surface area contributed by atoms with Crippen LogP contribution in [0.15, 0.2) is 36.5 Å². The van der Waals surface area contributed by atoms with Gasteiger partial charge in [-0.3, -0.25) is 4.79 Å². The first-order valence-corrected chi connectivity index (χ1v) is 10.7. The monoisotopic (exact) mass is 441 g/mol. The zero-order chi connectivity index (χ0) is 23.5. The number of hydrogen-bond acceptors (Lipinski definition) is 6. The van der Waals surface area contributed by atoms with Crippen molar-refractivity contribution in [2.45, 2.75) is 71.6 Å². The van der Waals surface area contributed by atoms with E-state index in [-0.39, 0.29) is 11.5 Å². The van der Waals surface area contributed by atoms with Crippen molar-refractivity contribution < 1.29 is 23.8 Å². The molecule has 0 fully saturated rings. The van der Waals surface area contributed by atoms with Crippen LogP contribution in [0.1, 0.15) is 53.5 Å². The third kappa shape index (κ3) is 6.12. The molecule has 0 radical (unpaired) electrons. The van der Waals surface area contributed by atoms with E-state index in [1.807, 2.05) is 32.0 Å². The second-order valence-corrected chi connectivity index (χ2v) is 9.35. The summed E-state index contributed by atoms with van der Waals surface area (Å²) in [5.74, 6) is 1.57. The number of alkyl carbamates (subject to hydrolysis) is 1. The molecule has 0 saturated heterocycles. The predicted molar refractivity (Wildman–Crippen MR) is 121 cm³/mol. The fraction of sp³-hybridized carbons (Fsp3) is 0.458. The van der Waals surface area contributed by atoms with Crippen LogP contribution >= 0.6 is 0 Å². The smallest absolute Gasteiger partial charge is 0.408 e. The van der Waals surface area contributed by atoms with Crippen molar-refractivity contribution in [2.75, 3.05) is 5.32 Å². The fourth-order valence-electron chi connectivity index (χ4n) is 3.33. The Morgan fingerprint density at radius 1 is 1.22 bits per heavy atom. The number of ether oxygens (including phenoxy) is 3. The zero-order valence-electron chi connectivity index (χ0n) is 19.4. The molecule has 8 heteroatoms. The summed E-state index contributed by atoms with van der Waals surface area (Å²) >= 11 is 0. The summed E-state index contributed by atoms with van der Waals surface area (Å²) < 4.78 is 17.1. The third-order valence-corrected chi connectivity index (χ3v) is 4.71. The summed E-state index contributed by atoms with van der Waals surface area (Å²) in [6.07, 6.45) is 2.04. The molecule has 0 bridgehead atoms. The molecule has 1 aromatic heterocycles. The second-order valence-electron chi connectivity index (χ2n) is 9.35. The molecule has 2 N–H and O–H groups in total. The topological polar surface area (TPSA) is 98.8 Å². The Hall–Kier alpha value is -3.29. The molecule has 1 aromatic carbocycles. The van der Waals surface area contributed by atoms with Crippen LogP contribution in [0.3, 0.4) is 0 Å². The number of nitrogens with one attached hydrogen (secondary N) is 2. The van der Waals surface area contributed by atoms with Crippen LogP contribution < -0.4 is 20.1 Å². The number of anilines is 1. The highest BCUT2D eigenvalue weighted by Gasteiger charge is 2.32. The highest BCUT2D eigenvalue weighted by molar-refractivity contribution is 5.96. The Morgan fingerprint density at radius 3 is 2.59 bits per heavy atom. The number of benzene rings is 1. The summed E-state index contributed by atoms with van der Waals surface area (Å²) in [6.45, 7) is 11.2. The van der Waals surface area contributed by atoms with Crippen LogP contribution in [0.5, 0.6) is 17.4 Å². The Bertz CT molecular complexity index is 980. The van der Waals surface area contributed by atoms with Crippen molar-refractivity contribution in [3.8, 4) is 17.4 Å². The SMILES string of the molecule is CC[C@@H](NC(=O)OC(C)(C)C)C(=O)Nc1ccc(Oc2cccc3c2CC(C)(C)O3)nc1. The van der Waals surface area contributed by atoms with E-state index in [0.29, 0.717) is 23.7 Å². The van der Waals surface area contributed by atoms with Crippen LogP contribution in [0.25, 0.3) is 0 Å². The van der Waals surface area contributed by atoms with Gasteiger partial charge in [-0.1, -0.05) is 13.0 Å². The van der Waals surface area contributed by atoms with Crippen LogP contribution in [0, 0.1) is 0 Å². The minimum Gasteiger partial charge on any atom is -0.487 e. The molecule has 172 valence electrons. The van der Waals surface area contributed by atoms with Crippen molar-refractivity contribution in [3.05, 3.63) is 42.1 Å². The average molecular weight is 442 g/mol. The molecule has 0 aliphatic carbocycles. The van der Waals surface area contributed by atoms with Gasteiger partial charge in [0.2, 0.25) is 11.8 Å². The summed E-state index contributed by atoms with van der Waals surface area (Å²) in [5.41, 5.74) is 0.594. The van der Waals surface area contributed by atoms with Crippen LogP contribution in [-0.2, 0) is 16.0 Å². The predicted octanol–water partition coefficient (Wildman–Crippen LogP) is 4.83. The lowest BCUT2D eigenvalue weighted by molar-refractivity contribution is -0.118. The molecule has 2 heterocycles. The van der Waals surface area contributed by atoms with E-state index in [1.165, 1.54) is 6.20 Å². The Morgan fingerprint density at radius 2 is 1.97 bits per heavy atom. The Balaban J connectivity index is 1.61. The number of hydrogen-bond donors (Lipinski definition) is 2. The van der Waals surface area contributed by atoms with E-state index in [4.69, 9.17) is 14.2 Å². The first-order chi connectivity index (χ1) is 15.0. The van der Waals surface area contributed by atoms with Crippen LogP contribution in [0.4, 0.5) is 10.5 Å². The van der Waals surface area contributed by atoms with E-state index >= 15 is 0 Å². The number of amides is 2. The van der Waals surface area contributed by atoms with Crippen LogP contribution in [0.2, 0.25) is 0 Å². The minimum atomic E-state index is -0.726. The van der Waals surface area contributed by atoms with E-state index in [2.05, 4.69) is 15.6 Å². The lowest BCUT2D eigenvalue weighted by atomic mass is 10.0. The lowest BCUT2D eigenvalue weighted by Crippen LogP contribution is -2.45. The van der Waals surface area contributed by atoms with E-state index in [0.717, 1.165) is 17.7 Å². The molecule has 1 atom stereocenters. The van der Waals surface area contributed by atoms with Crippen molar-refractivity contribution in [1.29, 1.82) is 0 Å². The fourth-order valence-corrected chi connectivity index (χ4v) is 3.33. The number of aromatic nitrogens is 1. The van der Waals surface area contributed by atoms with Gasteiger partial charge in [0.1, 0.15) is 28.7 Å². The first-order valence-electron chi connectivity index (χ1n) is 10.7. The molecule has 3 rings (SSSR count). The van der Waals surface area contributed by atoms with Gasteiger partial charge < -0.3 is 24.8 Å². The Labute approximate surface area is 188 Å². The molecule has 0 spiro atoms. The minimum absolute atomic E-state index is 0.271. The number of nitrogens with zero attached hydrogens (tertiary/aromatic N) is 1. The normalized spacial score (nSPS) is 15.2. The molecule has 32 heavy (non-hydrogen) atoms. The largest absolute Gasteiger partial charge is 0.487 e. The number of pyridine rings is 1. The molecule has 2 aromatic rings. The van der Waals surface area contributed by atoms with Crippen molar-refractivity contribution in [1.82, 2.24) is 10.3 Å². The van der Waals surface area contributed by atoms with Crippen molar-refractivity contribution in [2.24, 2.45) is 0 Å². The molecule has 0 saturated carbocycles. The van der Waals surface area contributed by atoms with Gasteiger partial charge in [-0.05, 0) is 59.2 Å². The summed E-state index contributed by atoms with van der Waals surface area (Å²) in [7, 11) is 0. The van der Waals surface area contributed by atoms with E-state index in [9.17, 15) is 9.59 Å². The maximum atomic E-state index is 12.6. The molecule has 8 nitrogen and oxygen atoms in total. The molecule has 0 unspecified atom stereocenters. The maximum absolute atomic E-state index is 12.6. The van der Waals surface area contributed by atoms with Gasteiger partial charge in [0.15, 0.2) is 0 Å². The van der Waals surface area contributed by atoms with Gasteiger partial charge in [0, 0.05) is 18.1 Å². The highest BCUT2D eigenvalue weighted by Crippen LogP contribution is 2.41. The van der Waals surface area contributed by atoms with Crippen molar-refractivity contribution >= 4 is 17.7 Å². The number of fused-ring (bicyclic) bond motifs is 1. The van der Waals surface area contributed by atoms with Gasteiger partial charge >= 0.3 is 6.09 Å². The number of rotatable bonds is 6.